The number of ether oxygens (including phenoxy) is 1. The molecule has 0 saturated carbocycles. The number of nitrogens with one attached hydrogen (secondary N) is 1. The van der Waals surface area contributed by atoms with Crippen molar-refractivity contribution in [3.8, 4) is 5.75 Å². The number of aromatic nitrogens is 2. The Labute approximate surface area is 107 Å². The van der Waals surface area contributed by atoms with Gasteiger partial charge in [-0.05, 0) is 12.1 Å². The molecule has 1 aromatic heterocycles. The molecule has 0 amide bonds. The van der Waals surface area contributed by atoms with E-state index in [1.54, 1.807) is 13.4 Å². The summed E-state index contributed by atoms with van der Waals surface area (Å²) >= 11 is 0. The van der Waals surface area contributed by atoms with Gasteiger partial charge in [0.15, 0.2) is 0 Å². The van der Waals surface area contributed by atoms with Gasteiger partial charge in [0.25, 0.3) is 0 Å². The highest BCUT2D eigenvalue weighted by Gasteiger charge is 2.12. The van der Waals surface area contributed by atoms with E-state index in [9.17, 15) is 0 Å². The quantitative estimate of drug-likeness (QED) is 0.840. The van der Waals surface area contributed by atoms with Gasteiger partial charge in [-0.2, -0.15) is 0 Å². The minimum absolute atomic E-state index is 0.0320. The van der Waals surface area contributed by atoms with E-state index in [1.807, 2.05) is 42.1 Å². The van der Waals surface area contributed by atoms with E-state index in [0.29, 0.717) is 6.54 Å². The van der Waals surface area contributed by atoms with E-state index in [4.69, 9.17) is 10.5 Å². The third kappa shape index (κ3) is 2.62. The normalized spacial score (nSPS) is 12.2. The molecule has 0 fully saturated rings. The number of hydrogen-bond donors (Lipinski definition) is 2. The first-order valence-electron chi connectivity index (χ1n) is 5.81. The van der Waals surface area contributed by atoms with Crippen LogP contribution in [0.25, 0.3) is 0 Å². The Morgan fingerprint density at radius 1 is 1.50 bits per heavy atom. The molecule has 1 atom stereocenters. The standard InChI is InChI=1S/C13H18N4O/c1-17-9-15-8-13(17)12(7-14)16-10-4-3-5-11(6-10)18-2/h3-6,8-9,12,16H,7,14H2,1-2H3. The Morgan fingerprint density at radius 3 is 2.94 bits per heavy atom. The summed E-state index contributed by atoms with van der Waals surface area (Å²) in [6.07, 6.45) is 3.59. The number of methoxy groups -OCH3 is 1. The van der Waals surface area contributed by atoms with Gasteiger partial charge in [0.2, 0.25) is 0 Å². The van der Waals surface area contributed by atoms with Crippen molar-refractivity contribution in [3.63, 3.8) is 0 Å². The second-order valence-corrected chi connectivity index (χ2v) is 4.09. The number of hydrogen-bond acceptors (Lipinski definition) is 4. The molecule has 5 nitrogen and oxygen atoms in total. The maximum Gasteiger partial charge on any atom is 0.120 e. The van der Waals surface area contributed by atoms with E-state index in [1.165, 1.54) is 0 Å². The molecule has 1 unspecified atom stereocenters. The largest absolute Gasteiger partial charge is 0.497 e. The first-order valence-corrected chi connectivity index (χ1v) is 5.81. The van der Waals surface area contributed by atoms with E-state index < -0.39 is 0 Å². The van der Waals surface area contributed by atoms with Crippen molar-refractivity contribution in [2.24, 2.45) is 12.8 Å². The number of nitrogens with zero attached hydrogens (tertiary/aromatic N) is 2. The Hall–Kier alpha value is -2.01. The zero-order valence-corrected chi connectivity index (χ0v) is 10.6. The van der Waals surface area contributed by atoms with E-state index in [-0.39, 0.29) is 6.04 Å². The molecule has 0 saturated heterocycles. The predicted octanol–water partition coefficient (Wildman–Crippen LogP) is 1.54. The maximum absolute atomic E-state index is 5.82. The highest BCUT2D eigenvalue weighted by Crippen LogP contribution is 2.21. The summed E-state index contributed by atoms with van der Waals surface area (Å²) in [5.41, 5.74) is 7.85. The highest BCUT2D eigenvalue weighted by atomic mass is 16.5. The van der Waals surface area contributed by atoms with Gasteiger partial charge in [-0.1, -0.05) is 6.07 Å². The smallest absolute Gasteiger partial charge is 0.120 e. The summed E-state index contributed by atoms with van der Waals surface area (Å²) in [6, 6.07) is 7.82. The van der Waals surface area contributed by atoms with Gasteiger partial charge in [-0.15, -0.1) is 0 Å². The molecule has 0 spiro atoms. The zero-order chi connectivity index (χ0) is 13.0. The molecule has 18 heavy (non-hydrogen) atoms. The lowest BCUT2D eigenvalue weighted by molar-refractivity contribution is 0.415. The summed E-state index contributed by atoms with van der Waals surface area (Å²) in [6.45, 7) is 0.497. The van der Waals surface area contributed by atoms with Crippen molar-refractivity contribution in [3.05, 3.63) is 42.5 Å². The molecule has 2 aromatic rings. The molecule has 1 heterocycles. The van der Waals surface area contributed by atoms with Crippen LogP contribution >= 0.6 is 0 Å². The second kappa shape index (κ2) is 5.55. The molecule has 0 bridgehead atoms. The lowest BCUT2D eigenvalue weighted by Crippen LogP contribution is -2.22. The third-order valence-electron chi connectivity index (χ3n) is 2.86. The van der Waals surface area contributed by atoms with Crippen molar-refractivity contribution in [1.82, 2.24) is 9.55 Å². The minimum Gasteiger partial charge on any atom is -0.497 e. The Morgan fingerprint density at radius 2 is 2.33 bits per heavy atom. The van der Waals surface area contributed by atoms with Crippen LogP contribution in [0.1, 0.15) is 11.7 Å². The van der Waals surface area contributed by atoms with Crippen molar-refractivity contribution in [1.29, 1.82) is 0 Å². The first kappa shape index (κ1) is 12.4. The van der Waals surface area contributed by atoms with Gasteiger partial charge in [-0.3, -0.25) is 0 Å². The number of rotatable bonds is 5. The van der Waals surface area contributed by atoms with Crippen LogP contribution in [0.5, 0.6) is 5.75 Å². The van der Waals surface area contributed by atoms with Gasteiger partial charge in [0.1, 0.15) is 5.75 Å². The van der Waals surface area contributed by atoms with Crippen LogP contribution in [0.15, 0.2) is 36.8 Å². The van der Waals surface area contributed by atoms with Gasteiger partial charge in [0.05, 0.1) is 31.4 Å². The van der Waals surface area contributed by atoms with E-state index in [0.717, 1.165) is 17.1 Å². The summed E-state index contributed by atoms with van der Waals surface area (Å²) < 4.78 is 7.16. The number of aryl methyl sites for hydroxylation is 1. The molecule has 0 aliphatic carbocycles. The van der Waals surface area contributed by atoms with Crippen molar-refractivity contribution in [2.75, 3.05) is 19.0 Å². The van der Waals surface area contributed by atoms with Crippen LogP contribution in [0.3, 0.4) is 0 Å². The molecule has 0 aliphatic heterocycles. The summed E-state index contributed by atoms with van der Waals surface area (Å²) in [5.74, 6) is 0.820. The Kier molecular flexibility index (Phi) is 3.84. The van der Waals surface area contributed by atoms with Crippen molar-refractivity contribution < 1.29 is 4.74 Å². The van der Waals surface area contributed by atoms with Gasteiger partial charge in [0, 0.05) is 25.3 Å². The predicted molar refractivity (Wildman–Crippen MR) is 71.6 cm³/mol. The molecular weight excluding hydrogens is 228 g/mol. The molecule has 5 heteroatoms. The number of anilines is 1. The van der Waals surface area contributed by atoms with Crippen molar-refractivity contribution in [2.45, 2.75) is 6.04 Å². The van der Waals surface area contributed by atoms with E-state index >= 15 is 0 Å². The van der Waals surface area contributed by atoms with Crippen LogP contribution in [-0.2, 0) is 7.05 Å². The number of imidazole rings is 1. The molecule has 1 aromatic carbocycles. The van der Waals surface area contributed by atoms with E-state index in [2.05, 4.69) is 10.3 Å². The molecule has 0 radical (unpaired) electrons. The number of nitrogens with two attached hydrogens (primary N) is 1. The van der Waals surface area contributed by atoms with Crippen molar-refractivity contribution >= 4 is 5.69 Å². The first-order chi connectivity index (χ1) is 8.74. The molecule has 96 valence electrons. The molecule has 3 N–H and O–H groups in total. The average molecular weight is 246 g/mol. The van der Waals surface area contributed by atoms with Gasteiger partial charge >= 0.3 is 0 Å². The highest BCUT2D eigenvalue weighted by molar-refractivity contribution is 5.49. The third-order valence-corrected chi connectivity index (χ3v) is 2.86. The minimum atomic E-state index is 0.0320. The molecule has 0 aliphatic rings. The van der Waals surface area contributed by atoms with Crippen LogP contribution in [-0.4, -0.2) is 23.2 Å². The topological polar surface area (TPSA) is 65.1 Å². The Balaban J connectivity index is 2.18. The molecule has 2 rings (SSSR count). The summed E-state index contributed by atoms with van der Waals surface area (Å²) in [5, 5.41) is 3.38. The zero-order valence-electron chi connectivity index (χ0n) is 10.6. The van der Waals surface area contributed by atoms with Crippen LogP contribution < -0.4 is 15.8 Å². The SMILES string of the molecule is COc1cccc(NC(CN)c2cncn2C)c1. The fourth-order valence-electron chi connectivity index (χ4n) is 1.87. The van der Waals surface area contributed by atoms with Crippen LogP contribution in [0, 0.1) is 0 Å². The fraction of sp³-hybridized carbons (Fsp3) is 0.308. The Bertz CT molecular complexity index is 509. The average Bonchev–Trinajstić information content (AvgIpc) is 2.82. The van der Waals surface area contributed by atoms with Gasteiger partial charge < -0.3 is 20.4 Å². The monoisotopic (exact) mass is 246 g/mol. The summed E-state index contributed by atoms with van der Waals surface area (Å²) in [7, 11) is 3.61. The maximum atomic E-state index is 5.82. The fourth-order valence-corrected chi connectivity index (χ4v) is 1.87. The lowest BCUT2D eigenvalue weighted by atomic mass is 10.2. The number of benzene rings is 1. The molecular formula is C13H18N4O. The van der Waals surface area contributed by atoms with Crippen LogP contribution in [0.2, 0.25) is 0 Å². The van der Waals surface area contributed by atoms with Gasteiger partial charge in [-0.25, -0.2) is 4.98 Å². The summed E-state index contributed by atoms with van der Waals surface area (Å²) in [4.78, 5) is 4.11. The lowest BCUT2D eigenvalue weighted by Gasteiger charge is -2.18. The van der Waals surface area contributed by atoms with Crippen LogP contribution in [0.4, 0.5) is 5.69 Å². The second-order valence-electron chi connectivity index (χ2n) is 4.09.